The summed E-state index contributed by atoms with van der Waals surface area (Å²) in [5, 5.41) is 8.44. The molecule has 0 spiro atoms. The van der Waals surface area contributed by atoms with Gasteiger partial charge in [0.15, 0.2) is 5.13 Å². The van der Waals surface area contributed by atoms with E-state index in [1.165, 1.54) is 11.3 Å². The van der Waals surface area contributed by atoms with Crippen LogP contribution in [0.1, 0.15) is 19.8 Å². The lowest BCUT2D eigenvalue weighted by Crippen LogP contribution is -2.46. The van der Waals surface area contributed by atoms with Crippen LogP contribution in [0.5, 0.6) is 0 Å². The van der Waals surface area contributed by atoms with Gasteiger partial charge in [0.2, 0.25) is 5.91 Å². The smallest absolute Gasteiger partial charge is 0.323 e. The predicted molar refractivity (Wildman–Crippen MR) is 108 cm³/mol. The van der Waals surface area contributed by atoms with Crippen molar-refractivity contribution < 1.29 is 14.4 Å². The van der Waals surface area contributed by atoms with E-state index in [4.69, 9.17) is 23.2 Å². The number of hydrogen-bond acceptors (Lipinski definition) is 5. The van der Waals surface area contributed by atoms with Crippen molar-refractivity contribution in [2.75, 3.05) is 11.9 Å². The minimum atomic E-state index is -0.908. The molecule has 28 heavy (non-hydrogen) atoms. The molecule has 2 N–H and O–H groups in total. The third-order valence-corrected chi connectivity index (χ3v) is 6.27. The van der Waals surface area contributed by atoms with Crippen LogP contribution in [0.3, 0.4) is 0 Å². The number of amides is 4. The van der Waals surface area contributed by atoms with Crippen molar-refractivity contribution in [2.45, 2.75) is 25.3 Å². The van der Waals surface area contributed by atoms with Gasteiger partial charge in [0.05, 0.1) is 10.7 Å². The number of rotatable bonds is 5. The minimum absolute atomic E-state index is 0.140. The van der Waals surface area contributed by atoms with Crippen LogP contribution < -0.4 is 10.6 Å². The second kappa shape index (κ2) is 7.02. The first-order chi connectivity index (χ1) is 13.3. The SMILES string of the molecule is CC1(C2CC2)NC(=O)N(CC(=O)Nc2nc(-c3cc(Cl)ccc3Cl)cs2)C1=O. The molecule has 2 aliphatic rings. The number of nitrogens with one attached hydrogen (secondary N) is 2. The van der Waals surface area contributed by atoms with Crippen LogP contribution in [0.2, 0.25) is 10.0 Å². The number of hydrogen-bond donors (Lipinski definition) is 2. The summed E-state index contributed by atoms with van der Waals surface area (Å²) in [7, 11) is 0. The highest BCUT2D eigenvalue weighted by atomic mass is 35.5. The van der Waals surface area contributed by atoms with Crippen LogP contribution >= 0.6 is 34.5 Å². The Morgan fingerprint density at radius 3 is 2.86 bits per heavy atom. The molecule has 0 bridgehead atoms. The second-order valence-corrected chi connectivity index (χ2v) is 8.71. The Bertz CT molecular complexity index is 991. The zero-order valence-electron chi connectivity index (χ0n) is 14.8. The fraction of sp³-hybridized carbons (Fsp3) is 0.333. The maximum Gasteiger partial charge on any atom is 0.325 e. The summed E-state index contributed by atoms with van der Waals surface area (Å²) in [6.07, 6.45) is 1.80. The summed E-state index contributed by atoms with van der Waals surface area (Å²) in [6, 6.07) is 4.50. The molecular weight excluding hydrogens is 423 g/mol. The number of anilines is 1. The van der Waals surface area contributed by atoms with Crippen LogP contribution in [0.25, 0.3) is 11.3 Å². The Kier molecular flexibility index (Phi) is 4.81. The van der Waals surface area contributed by atoms with E-state index >= 15 is 0 Å². The van der Waals surface area contributed by atoms with E-state index in [0.29, 0.717) is 26.4 Å². The van der Waals surface area contributed by atoms with Gasteiger partial charge in [-0.05, 0) is 43.9 Å². The van der Waals surface area contributed by atoms with Crippen molar-refractivity contribution in [1.29, 1.82) is 0 Å². The van der Waals surface area contributed by atoms with Crippen LogP contribution in [-0.4, -0.2) is 39.8 Å². The quantitative estimate of drug-likeness (QED) is 0.694. The molecule has 7 nitrogen and oxygen atoms in total. The summed E-state index contributed by atoms with van der Waals surface area (Å²) in [5.41, 5.74) is 0.319. The highest BCUT2D eigenvalue weighted by Gasteiger charge is 2.56. The highest BCUT2D eigenvalue weighted by Crippen LogP contribution is 2.42. The monoisotopic (exact) mass is 438 g/mol. The van der Waals surface area contributed by atoms with Crippen LogP contribution in [0.15, 0.2) is 23.6 Å². The first-order valence-corrected chi connectivity index (χ1v) is 10.3. The lowest BCUT2D eigenvalue weighted by molar-refractivity contribution is -0.134. The molecule has 2 fully saturated rings. The number of imide groups is 1. The van der Waals surface area contributed by atoms with Gasteiger partial charge in [-0.3, -0.25) is 14.5 Å². The topological polar surface area (TPSA) is 91.4 Å². The molecule has 1 aliphatic heterocycles. The van der Waals surface area contributed by atoms with Crippen molar-refractivity contribution >= 4 is 57.5 Å². The standard InChI is InChI=1S/C18H16Cl2N4O3S/c1-18(9-2-3-9)15(26)24(17(27)23-18)7-14(25)22-16-21-13(8-28-16)11-6-10(19)4-5-12(11)20/h4-6,8-9H,2-3,7H2,1H3,(H,23,27)(H,21,22,25). The molecule has 1 saturated carbocycles. The molecule has 1 aromatic carbocycles. The van der Waals surface area contributed by atoms with E-state index in [1.54, 1.807) is 30.5 Å². The van der Waals surface area contributed by atoms with Gasteiger partial charge in [-0.25, -0.2) is 9.78 Å². The Hall–Kier alpha value is -2.16. The van der Waals surface area contributed by atoms with Crippen LogP contribution in [0, 0.1) is 5.92 Å². The predicted octanol–water partition coefficient (Wildman–Crippen LogP) is 3.78. The maximum absolute atomic E-state index is 12.6. The van der Waals surface area contributed by atoms with Gasteiger partial charge in [-0.1, -0.05) is 23.2 Å². The average molecular weight is 439 g/mol. The van der Waals surface area contributed by atoms with Crippen molar-refractivity contribution in [1.82, 2.24) is 15.2 Å². The van der Waals surface area contributed by atoms with Gasteiger partial charge >= 0.3 is 6.03 Å². The number of halogens is 2. The Labute approximate surface area is 175 Å². The number of benzene rings is 1. The zero-order valence-corrected chi connectivity index (χ0v) is 17.1. The first kappa shape index (κ1) is 19.2. The van der Waals surface area contributed by atoms with Crippen molar-refractivity contribution in [3.8, 4) is 11.3 Å². The van der Waals surface area contributed by atoms with E-state index in [1.807, 2.05) is 0 Å². The summed E-state index contributed by atoms with van der Waals surface area (Å²) in [4.78, 5) is 42.4. The number of carbonyl (C=O) groups is 3. The summed E-state index contributed by atoms with van der Waals surface area (Å²) in [5.74, 6) is -0.719. The largest absolute Gasteiger partial charge is 0.325 e. The first-order valence-electron chi connectivity index (χ1n) is 8.63. The normalized spacial score (nSPS) is 21.8. The van der Waals surface area contributed by atoms with Gasteiger partial charge < -0.3 is 10.6 Å². The molecule has 1 atom stereocenters. The second-order valence-electron chi connectivity index (χ2n) is 7.01. The van der Waals surface area contributed by atoms with Crippen LogP contribution in [-0.2, 0) is 9.59 Å². The summed E-state index contributed by atoms with van der Waals surface area (Å²) in [6.45, 7) is 1.35. The molecule has 2 heterocycles. The Morgan fingerprint density at radius 1 is 1.39 bits per heavy atom. The molecule has 0 radical (unpaired) electrons. The van der Waals surface area contributed by atoms with E-state index in [-0.39, 0.29) is 18.4 Å². The zero-order chi connectivity index (χ0) is 20.1. The van der Waals surface area contributed by atoms with Crippen molar-refractivity contribution in [3.63, 3.8) is 0 Å². The van der Waals surface area contributed by atoms with E-state index in [9.17, 15) is 14.4 Å². The third kappa shape index (κ3) is 3.47. The average Bonchev–Trinajstić information content (AvgIpc) is 3.37. The lowest BCUT2D eigenvalue weighted by atomic mass is 9.96. The molecule has 4 amide bonds. The van der Waals surface area contributed by atoms with Crippen LogP contribution in [0.4, 0.5) is 9.93 Å². The number of urea groups is 1. The molecular formula is C18H16Cl2N4O3S. The lowest BCUT2D eigenvalue weighted by Gasteiger charge is -2.20. The molecule has 4 rings (SSSR count). The molecule has 146 valence electrons. The number of thiazole rings is 1. The van der Waals surface area contributed by atoms with Gasteiger partial charge in [0, 0.05) is 16.0 Å². The van der Waals surface area contributed by atoms with E-state index in [0.717, 1.165) is 17.7 Å². The number of carbonyl (C=O) groups excluding carboxylic acids is 3. The number of aromatic nitrogens is 1. The Morgan fingerprint density at radius 2 is 2.14 bits per heavy atom. The number of nitrogens with zero attached hydrogens (tertiary/aromatic N) is 2. The highest BCUT2D eigenvalue weighted by molar-refractivity contribution is 7.14. The molecule has 2 aromatic rings. The Balaban J connectivity index is 1.43. The van der Waals surface area contributed by atoms with E-state index < -0.39 is 17.5 Å². The summed E-state index contributed by atoms with van der Waals surface area (Å²) >= 11 is 13.4. The van der Waals surface area contributed by atoms with Gasteiger partial charge in [-0.2, -0.15) is 0 Å². The molecule has 1 unspecified atom stereocenters. The fourth-order valence-electron chi connectivity index (χ4n) is 3.25. The van der Waals surface area contributed by atoms with Gasteiger partial charge in [0.1, 0.15) is 12.1 Å². The third-order valence-electron chi connectivity index (χ3n) is 4.95. The van der Waals surface area contributed by atoms with Crippen molar-refractivity contribution in [3.05, 3.63) is 33.6 Å². The molecule has 1 aromatic heterocycles. The van der Waals surface area contributed by atoms with Gasteiger partial charge in [0.25, 0.3) is 5.91 Å². The van der Waals surface area contributed by atoms with Crippen molar-refractivity contribution in [2.24, 2.45) is 5.92 Å². The molecule has 1 saturated heterocycles. The van der Waals surface area contributed by atoms with E-state index in [2.05, 4.69) is 15.6 Å². The minimum Gasteiger partial charge on any atom is -0.323 e. The van der Waals surface area contributed by atoms with Gasteiger partial charge in [-0.15, -0.1) is 11.3 Å². The molecule has 10 heteroatoms. The molecule has 1 aliphatic carbocycles. The fourth-order valence-corrected chi connectivity index (χ4v) is 4.36. The summed E-state index contributed by atoms with van der Waals surface area (Å²) < 4.78 is 0. The maximum atomic E-state index is 12.6.